The summed E-state index contributed by atoms with van der Waals surface area (Å²) >= 11 is 0. The van der Waals surface area contributed by atoms with Crippen LogP contribution in [0.15, 0.2) is 18.2 Å². The average molecular weight is 428 g/mol. The summed E-state index contributed by atoms with van der Waals surface area (Å²) in [6.45, 7) is 5.27. The van der Waals surface area contributed by atoms with Gasteiger partial charge in [-0.25, -0.2) is 0 Å². The van der Waals surface area contributed by atoms with Gasteiger partial charge in [0.2, 0.25) is 11.8 Å². The third kappa shape index (κ3) is 4.61. The van der Waals surface area contributed by atoms with Crippen molar-refractivity contribution < 1.29 is 19.1 Å². The molecule has 3 aliphatic rings. The Balaban J connectivity index is 1.33. The van der Waals surface area contributed by atoms with Crippen molar-refractivity contribution in [1.82, 2.24) is 14.7 Å². The number of rotatable bonds is 5. The maximum Gasteiger partial charge on any atom is 0.227 e. The normalized spacial score (nSPS) is 22.8. The summed E-state index contributed by atoms with van der Waals surface area (Å²) in [6, 6.07) is 5.74. The summed E-state index contributed by atoms with van der Waals surface area (Å²) in [5, 5.41) is 0. The molecule has 1 spiro atoms. The number of hydrogen-bond acceptors (Lipinski definition) is 5. The van der Waals surface area contributed by atoms with E-state index < -0.39 is 5.60 Å². The van der Waals surface area contributed by atoms with E-state index in [2.05, 4.69) is 4.90 Å². The lowest BCUT2D eigenvalue weighted by atomic mass is 9.82. The smallest absolute Gasteiger partial charge is 0.227 e. The Labute approximate surface area is 184 Å². The van der Waals surface area contributed by atoms with Crippen LogP contribution < -0.4 is 4.74 Å². The highest BCUT2D eigenvalue weighted by molar-refractivity contribution is 6.00. The maximum atomic E-state index is 13.1. The molecular weight excluding hydrogens is 394 g/mol. The van der Waals surface area contributed by atoms with Crippen molar-refractivity contribution in [3.63, 3.8) is 0 Å². The van der Waals surface area contributed by atoms with Crippen LogP contribution in [0.5, 0.6) is 5.75 Å². The van der Waals surface area contributed by atoms with E-state index >= 15 is 0 Å². The van der Waals surface area contributed by atoms with Crippen LogP contribution in [-0.2, 0) is 9.59 Å². The molecule has 168 valence electrons. The van der Waals surface area contributed by atoms with Gasteiger partial charge in [-0.15, -0.1) is 0 Å². The van der Waals surface area contributed by atoms with Gasteiger partial charge in [0.1, 0.15) is 11.4 Å². The molecule has 7 heteroatoms. The molecular formula is C24H33N3O4. The number of carbonyl (C=O) groups is 3. The first kappa shape index (κ1) is 21.8. The van der Waals surface area contributed by atoms with Crippen molar-refractivity contribution in [3.05, 3.63) is 29.3 Å². The summed E-state index contributed by atoms with van der Waals surface area (Å²) in [4.78, 5) is 44.0. The fourth-order valence-corrected chi connectivity index (χ4v) is 5.01. The van der Waals surface area contributed by atoms with E-state index in [0.717, 1.165) is 18.5 Å². The fourth-order valence-electron chi connectivity index (χ4n) is 5.01. The Morgan fingerprint density at radius 3 is 2.68 bits per heavy atom. The molecule has 1 aromatic carbocycles. The van der Waals surface area contributed by atoms with Crippen LogP contribution in [0.1, 0.15) is 48.0 Å². The zero-order valence-electron chi connectivity index (χ0n) is 18.9. The molecule has 2 saturated heterocycles. The number of fused-ring (bicyclic) bond motifs is 1. The highest BCUT2D eigenvalue weighted by Gasteiger charge is 2.45. The molecule has 3 heterocycles. The number of amides is 2. The highest BCUT2D eigenvalue weighted by atomic mass is 16.5. The molecule has 0 bridgehead atoms. The quantitative estimate of drug-likeness (QED) is 0.720. The summed E-state index contributed by atoms with van der Waals surface area (Å²) in [5.74, 6) is 0.685. The van der Waals surface area contributed by atoms with Crippen molar-refractivity contribution in [2.24, 2.45) is 5.92 Å². The van der Waals surface area contributed by atoms with Gasteiger partial charge in [0.15, 0.2) is 5.78 Å². The van der Waals surface area contributed by atoms with Crippen LogP contribution in [0.25, 0.3) is 0 Å². The van der Waals surface area contributed by atoms with Gasteiger partial charge in [0, 0.05) is 45.4 Å². The first-order valence-electron chi connectivity index (χ1n) is 11.3. The predicted octanol–water partition coefficient (Wildman–Crippen LogP) is 2.12. The molecule has 2 amide bonds. The molecule has 1 atom stereocenters. The van der Waals surface area contributed by atoms with Gasteiger partial charge in [0.05, 0.1) is 17.9 Å². The fraction of sp³-hybridized carbons (Fsp3) is 0.625. The van der Waals surface area contributed by atoms with Gasteiger partial charge < -0.3 is 19.4 Å². The molecule has 0 aromatic heterocycles. The van der Waals surface area contributed by atoms with E-state index in [1.807, 2.05) is 49.0 Å². The van der Waals surface area contributed by atoms with Crippen molar-refractivity contribution >= 4 is 17.6 Å². The molecule has 3 aliphatic heterocycles. The van der Waals surface area contributed by atoms with Gasteiger partial charge in [0.25, 0.3) is 0 Å². The minimum Gasteiger partial charge on any atom is -0.486 e. The van der Waals surface area contributed by atoms with E-state index in [0.29, 0.717) is 63.2 Å². The van der Waals surface area contributed by atoms with Crippen LogP contribution >= 0.6 is 0 Å². The van der Waals surface area contributed by atoms with E-state index in [4.69, 9.17) is 4.74 Å². The van der Waals surface area contributed by atoms with E-state index in [-0.39, 0.29) is 23.5 Å². The van der Waals surface area contributed by atoms with Crippen LogP contribution in [0.2, 0.25) is 0 Å². The number of ketones is 1. The lowest BCUT2D eigenvalue weighted by Crippen LogP contribution is -2.53. The number of piperidine rings is 1. The van der Waals surface area contributed by atoms with Crippen LogP contribution in [0.3, 0.4) is 0 Å². The second-order valence-corrected chi connectivity index (χ2v) is 9.61. The molecule has 1 unspecified atom stereocenters. The van der Waals surface area contributed by atoms with Gasteiger partial charge in [-0.05, 0) is 46.1 Å². The molecule has 1 aromatic rings. The van der Waals surface area contributed by atoms with Gasteiger partial charge in [-0.1, -0.05) is 11.6 Å². The van der Waals surface area contributed by atoms with Crippen LogP contribution in [0.4, 0.5) is 0 Å². The second kappa shape index (κ2) is 8.61. The highest BCUT2D eigenvalue weighted by Crippen LogP contribution is 2.40. The summed E-state index contributed by atoms with van der Waals surface area (Å²) in [6.07, 6.45) is 2.88. The molecule has 2 fully saturated rings. The minimum absolute atomic E-state index is 0.0662. The zero-order valence-corrected chi connectivity index (χ0v) is 18.9. The molecule has 0 radical (unpaired) electrons. The SMILES string of the molecule is Cc1ccc2c(c1)C(=O)CC1(CCN(C(=O)C3CC(=O)N(CCCN(C)C)C3)CC1)O2. The first-order chi connectivity index (χ1) is 14.8. The molecule has 0 N–H and O–H groups in total. The standard InChI is InChI=1S/C24H33N3O4/c1-17-5-6-21-19(13-17)20(28)15-24(31-21)7-11-26(12-8-24)23(30)18-14-22(29)27(16-18)10-4-9-25(2)3/h5-6,13,18H,4,7-12,14-16H2,1-3H3. The van der Waals surface area contributed by atoms with E-state index in [1.165, 1.54) is 0 Å². The summed E-state index contributed by atoms with van der Waals surface area (Å²) in [5.41, 5.74) is 1.21. The number of nitrogens with zero attached hydrogens (tertiary/aromatic N) is 3. The number of Topliss-reactive ketones (excluding diaryl/α,β-unsaturated/α-hetero) is 1. The molecule has 4 rings (SSSR count). The lowest BCUT2D eigenvalue weighted by Gasteiger charge is -2.44. The van der Waals surface area contributed by atoms with Crippen LogP contribution in [-0.4, -0.2) is 84.7 Å². The van der Waals surface area contributed by atoms with Crippen molar-refractivity contribution in [1.29, 1.82) is 0 Å². The maximum absolute atomic E-state index is 13.1. The number of benzene rings is 1. The Hall–Kier alpha value is -2.41. The van der Waals surface area contributed by atoms with E-state index in [9.17, 15) is 14.4 Å². The first-order valence-corrected chi connectivity index (χ1v) is 11.3. The largest absolute Gasteiger partial charge is 0.486 e. The van der Waals surface area contributed by atoms with Crippen molar-refractivity contribution in [3.8, 4) is 5.75 Å². The molecule has 0 aliphatic carbocycles. The number of aryl methyl sites for hydroxylation is 1. The minimum atomic E-state index is -0.514. The van der Waals surface area contributed by atoms with Crippen LogP contribution in [0, 0.1) is 12.8 Å². The Morgan fingerprint density at radius 2 is 1.97 bits per heavy atom. The molecule has 7 nitrogen and oxygen atoms in total. The topological polar surface area (TPSA) is 70.2 Å². The number of ether oxygens (including phenoxy) is 1. The number of hydrogen-bond donors (Lipinski definition) is 0. The second-order valence-electron chi connectivity index (χ2n) is 9.61. The molecule has 31 heavy (non-hydrogen) atoms. The third-order valence-electron chi connectivity index (χ3n) is 6.83. The van der Waals surface area contributed by atoms with Crippen molar-refractivity contribution in [2.75, 3.05) is 46.8 Å². The summed E-state index contributed by atoms with van der Waals surface area (Å²) in [7, 11) is 4.04. The van der Waals surface area contributed by atoms with E-state index in [1.54, 1.807) is 0 Å². The predicted molar refractivity (Wildman–Crippen MR) is 117 cm³/mol. The third-order valence-corrected chi connectivity index (χ3v) is 6.83. The monoisotopic (exact) mass is 427 g/mol. The molecule has 0 saturated carbocycles. The Bertz CT molecular complexity index is 874. The number of carbonyl (C=O) groups excluding carboxylic acids is 3. The van der Waals surface area contributed by atoms with Crippen molar-refractivity contribution in [2.45, 2.75) is 44.6 Å². The number of likely N-dealkylation sites (tertiary alicyclic amines) is 2. The van der Waals surface area contributed by atoms with Gasteiger partial charge in [-0.3, -0.25) is 14.4 Å². The summed E-state index contributed by atoms with van der Waals surface area (Å²) < 4.78 is 6.31. The van der Waals surface area contributed by atoms with Gasteiger partial charge >= 0.3 is 0 Å². The average Bonchev–Trinajstić information content (AvgIpc) is 3.09. The zero-order chi connectivity index (χ0) is 22.2. The lowest BCUT2D eigenvalue weighted by molar-refractivity contribution is -0.139. The Morgan fingerprint density at radius 1 is 1.23 bits per heavy atom. The van der Waals surface area contributed by atoms with Gasteiger partial charge in [-0.2, -0.15) is 0 Å². The Kier molecular flexibility index (Phi) is 6.06.